The molecule has 1 fully saturated rings. The lowest BCUT2D eigenvalue weighted by Crippen LogP contribution is -2.47. The van der Waals surface area contributed by atoms with Gasteiger partial charge < -0.3 is 14.9 Å². The van der Waals surface area contributed by atoms with E-state index in [2.05, 4.69) is 0 Å². The first kappa shape index (κ1) is 18.0. The maximum absolute atomic E-state index is 12.6. The number of piperidine rings is 1. The Morgan fingerprint density at radius 1 is 1.29 bits per heavy atom. The van der Waals surface area contributed by atoms with Crippen LogP contribution in [-0.4, -0.2) is 59.4 Å². The standard InChI is InChI=1S/C18H24N2O4/c1-12-6-4-8-15(13(12)2)17(22)19(3)11-16(21)20-9-5-7-14(10-20)18(23)24/h4,6,8,14H,5,7,9-11H2,1-3H3,(H,23,24). The number of hydrogen-bond acceptors (Lipinski definition) is 3. The Hall–Kier alpha value is -2.37. The van der Waals surface area contributed by atoms with Crippen LogP contribution in [0, 0.1) is 19.8 Å². The van der Waals surface area contributed by atoms with Gasteiger partial charge in [-0.2, -0.15) is 0 Å². The van der Waals surface area contributed by atoms with Crippen LogP contribution in [0.25, 0.3) is 0 Å². The summed E-state index contributed by atoms with van der Waals surface area (Å²) in [6.07, 6.45) is 1.27. The van der Waals surface area contributed by atoms with Crippen LogP contribution in [0.15, 0.2) is 18.2 Å². The SMILES string of the molecule is Cc1cccc(C(=O)N(C)CC(=O)N2CCCC(C(=O)O)C2)c1C. The molecule has 1 unspecified atom stereocenters. The van der Waals surface area contributed by atoms with Gasteiger partial charge in [0, 0.05) is 25.7 Å². The number of carboxylic acid groups (broad SMARTS) is 1. The summed E-state index contributed by atoms with van der Waals surface area (Å²) in [6.45, 7) is 4.56. The summed E-state index contributed by atoms with van der Waals surface area (Å²) >= 11 is 0. The highest BCUT2D eigenvalue weighted by Crippen LogP contribution is 2.18. The number of likely N-dealkylation sites (tertiary alicyclic amines) is 1. The summed E-state index contributed by atoms with van der Waals surface area (Å²) in [5, 5.41) is 9.11. The van der Waals surface area contributed by atoms with Crippen molar-refractivity contribution in [2.45, 2.75) is 26.7 Å². The largest absolute Gasteiger partial charge is 0.481 e. The van der Waals surface area contributed by atoms with E-state index in [0.717, 1.165) is 11.1 Å². The van der Waals surface area contributed by atoms with Gasteiger partial charge in [0.2, 0.25) is 5.91 Å². The van der Waals surface area contributed by atoms with Crippen LogP contribution in [0.2, 0.25) is 0 Å². The Morgan fingerprint density at radius 3 is 2.67 bits per heavy atom. The second-order valence-electron chi connectivity index (χ2n) is 6.43. The van der Waals surface area contributed by atoms with Crippen molar-refractivity contribution in [2.75, 3.05) is 26.7 Å². The molecule has 2 rings (SSSR count). The summed E-state index contributed by atoms with van der Waals surface area (Å²) < 4.78 is 0. The van der Waals surface area contributed by atoms with E-state index in [1.54, 1.807) is 18.0 Å². The Kier molecular flexibility index (Phi) is 5.59. The van der Waals surface area contributed by atoms with E-state index in [1.165, 1.54) is 4.90 Å². The van der Waals surface area contributed by atoms with Crippen molar-refractivity contribution < 1.29 is 19.5 Å². The smallest absolute Gasteiger partial charge is 0.308 e. The zero-order valence-corrected chi connectivity index (χ0v) is 14.4. The molecular formula is C18H24N2O4. The molecule has 24 heavy (non-hydrogen) atoms. The zero-order chi connectivity index (χ0) is 17.9. The minimum absolute atomic E-state index is 0.0431. The average molecular weight is 332 g/mol. The van der Waals surface area contributed by atoms with Gasteiger partial charge in [0.25, 0.3) is 5.91 Å². The maximum atomic E-state index is 12.6. The van der Waals surface area contributed by atoms with Crippen LogP contribution in [0.5, 0.6) is 0 Å². The molecule has 0 spiro atoms. The number of nitrogens with zero attached hydrogens (tertiary/aromatic N) is 2. The number of aliphatic carboxylic acids is 1. The Balaban J connectivity index is 2.02. The van der Waals surface area contributed by atoms with Gasteiger partial charge in [-0.05, 0) is 43.9 Å². The molecule has 0 aliphatic carbocycles. The number of carbonyl (C=O) groups excluding carboxylic acids is 2. The Bertz CT molecular complexity index is 656. The van der Waals surface area contributed by atoms with Crippen molar-refractivity contribution in [1.29, 1.82) is 0 Å². The highest BCUT2D eigenvalue weighted by Gasteiger charge is 2.29. The number of carboxylic acids is 1. The number of hydrogen-bond donors (Lipinski definition) is 1. The van der Waals surface area contributed by atoms with E-state index >= 15 is 0 Å². The first-order valence-corrected chi connectivity index (χ1v) is 8.13. The number of carbonyl (C=O) groups is 3. The van der Waals surface area contributed by atoms with E-state index < -0.39 is 11.9 Å². The summed E-state index contributed by atoms with van der Waals surface area (Å²) in [5.41, 5.74) is 2.53. The fraction of sp³-hybridized carbons (Fsp3) is 0.500. The monoisotopic (exact) mass is 332 g/mol. The van der Waals surface area contributed by atoms with Crippen molar-refractivity contribution in [3.8, 4) is 0 Å². The molecule has 0 saturated carbocycles. The first-order valence-electron chi connectivity index (χ1n) is 8.13. The summed E-state index contributed by atoms with van der Waals surface area (Å²) in [6, 6.07) is 5.53. The van der Waals surface area contributed by atoms with Crippen LogP contribution in [-0.2, 0) is 9.59 Å². The molecule has 1 aromatic carbocycles. The van der Waals surface area contributed by atoms with Gasteiger partial charge in [0.05, 0.1) is 12.5 Å². The fourth-order valence-electron chi connectivity index (χ4n) is 2.97. The molecule has 1 atom stereocenters. The van der Waals surface area contributed by atoms with E-state index in [1.807, 2.05) is 26.0 Å². The summed E-state index contributed by atoms with van der Waals surface area (Å²) in [7, 11) is 1.60. The molecule has 2 amide bonds. The highest BCUT2D eigenvalue weighted by atomic mass is 16.4. The van der Waals surface area contributed by atoms with Crippen LogP contribution in [0.3, 0.4) is 0 Å². The van der Waals surface area contributed by atoms with Gasteiger partial charge in [0.15, 0.2) is 0 Å². The van der Waals surface area contributed by atoms with Crippen LogP contribution >= 0.6 is 0 Å². The van der Waals surface area contributed by atoms with Gasteiger partial charge in [-0.25, -0.2) is 0 Å². The maximum Gasteiger partial charge on any atom is 0.308 e. The Labute approximate surface area is 142 Å². The highest BCUT2D eigenvalue weighted by molar-refractivity contribution is 5.97. The lowest BCUT2D eigenvalue weighted by atomic mass is 9.98. The van der Waals surface area contributed by atoms with E-state index in [9.17, 15) is 14.4 Å². The van der Waals surface area contributed by atoms with Crippen LogP contribution in [0.1, 0.15) is 34.3 Å². The molecule has 1 saturated heterocycles. The number of amides is 2. The van der Waals surface area contributed by atoms with E-state index in [0.29, 0.717) is 24.9 Å². The summed E-state index contributed by atoms with van der Waals surface area (Å²) in [4.78, 5) is 39.0. The van der Waals surface area contributed by atoms with Crippen molar-refractivity contribution in [2.24, 2.45) is 5.92 Å². The summed E-state index contributed by atoms with van der Waals surface area (Å²) in [5.74, 6) is -1.78. The molecular weight excluding hydrogens is 308 g/mol. The lowest BCUT2D eigenvalue weighted by Gasteiger charge is -2.32. The van der Waals surface area contributed by atoms with E-state index in [4.69, 9.17) is 5.11 Å². The molecule has 6 nitrogen and oxygen atoms in total. The van der Waals surface area contributed by atoms with Crippen molar-refractivity contribution in [3.05, 3.63) is 34.9 Å². The fourth-order valence-corrected chi connectivity index (χ4v) is 2.97. The van der Waals surface area contributed by atoms with Gasteiger partial charge in [-0.15, -0.1) is 0 Å². The molecule has 0 radical (unpaired) electrons. The van der Waals surface area contributed by atoms with Gasteiger partial charge in [-0.1, -0.05) is 12.1 Å². The third kappa shape index (κ3) is 3.93. The van der Waals surface area contributed by atoms with Crippen molar-refractivity contribution in [1.82, 2.24) is 9.80 Å². The number of aryl methyl sites for hydroxylation is 1. The predicted octanol–water partition coefficient (Wildman–Crippen LogP) is 1.70. The normalized spacial score (nSPS) is 17.5. The number of rotatable bonds is 4. The van der Waals surface area contributed by atoms with Gasteiger partial charge in [-0.3, -0.25) is 14.4 Å². The molecule has 0 bridgehead atoms. The minimum Gasteiger partial charge on any atom is -0.481 e. The van der Waals surface area contributed by atoms with Gasteiger partial charge in [0.1, 0.15) is 0 Å². The minimum atomic E-state index is -0.868. The topological polar surface area (TPSA) is 77.9 Å². The molecule has 1 aromatic rings. The molecule has 6 heteroatoms. The molecule has 130 valence electrons. The molecule has 1 N–H and O–H groups in total. The molecule has 1 aliphatic rings. The second kappa shape index (κ2) is 7.47. The van der Waals surface area contributed by atoms with Crippen LogP contribution in [0.4, 0.5) is 0 Å². The van der Waals surface area contributed by atoms with Crippen molar-refractivity contribution >= 4 is 17.8 Å². The van der Waals surface area contributed by atoms with Gasteiger partial charge >= 0.3 is 5.97 Å². The van der Waals surface area contributed by atoms with Crippen molar-refractivity contribution in [3.63, 3.8) is 0 Å². The quantitative estimate of drug-likeness (QED) is 0.910. The lowest BCUT2D eigenvalue weighted by molar-refractivity contribution is -0.145. The zero-order valence-electron chi connectivity index (χ0n) is 14.4. The third-order valence-corrected chi connectivity index (χ3v) is 4.68. The number of likely N-dealkylation sites (N-methyl/N-ethyl adjacent to an activating group) is 1. The number of benzene rings is 1. The Morgan fingerprint density at radius 2 is 2.00 bits per heavy atom. The first-order chi connectivity index (χ1) is 11.3. The average Bonchev–Trinajstić information content (AvgIpc) is 2.56. The van der Waals surface area contributed by atoms with E-state index in [-0.39, 0.29) is 24.9 Å². The molecule has 1 heterocycles. The molecule has 0 aromatic heterocycles. The predicted molar refractivity (Wildman–Crippen MR) is 89.8 cm³/mol. The third-order valence-electron chi connectivity index (χ3n) is 4.68. The second-order valence-corrected chi connectivity index (χ2v) is 6.43. The van der Waals surface area contributed by atoms with Crippen LogP contribution < -0.4 is 0 Å². The molecule has 1 aliphatic heterocycles.